The molecule has 1 aromatic carbocycles. The van der Waals surface area contributed by atoms with E-state index in [4.69, 9.17) is 16.3 Å². The van der Waals surface area contributed by atoms with Crippen LogP contribution in [0.3, 0.4) is 0 Å². The van der Waals surface area contributed by atoms with Crippen molar-refractivity contribution in [2.24, 2.45) is 0 Å². The Kier molecular flexibility index (Phi) is 3.91. The smallest absolute Gasteiger partial charge is 0.140 e. The Morgan fingerprint density at radius 3 is 3.05 bits per heavy atom. The van der Waals surface area contributed by atoms with Gasteiger partial charge in [0.25, 0.3) is 0 Å². The van der Waals surface area contributed by atoms with Gasteiger partial charge in [-0.25, -0.2) is 4.98 Å². The molecule has 1 aliphatic rings. The highest BCUT2D eigenvalue weighted by Crippen LogP contribution is 2.27. The van der Waals surface area contributed by atoms with Crippen molar-refractivity contribution in [3.63, 3.8) is 0 Å². The average molecular weight is 342 g/mol. The van der Waals surface area contributed by atoms with Gasteiger partial charge in [0.1, 0.15) is 5.82 Å². The number of aromatic nitrogens is 2. The van der Waals surface area contributed by atoms with Gasteiger partial charge in [0.05, 0.1) is 12.6 Å². The fourth-order valence-corrected chi connectivity index (χ4v) is 3.27. The molecule has 5 heteroatoms. The molecule has 0 spiro atoms. The van der Waals surface area contributed by atoms with Crippen LogP contribution in [0.2, 0.25) is 5.02 Å². The number of hydrogen-bond donors (Lipinski definition) is 0. The molecule has 1 unspecified atom stereocenters. The molecule has 3 nitrogen and oxygen atoms in total. The van der Waals surface area contributed by atoms with E-state index in [0.717, 1.165) is 41.9 Å². The van der Waals surface area contributed by atoms with E-state index in [1.807, 2.05) is 30.6 Å². The summed E-state index contributed by atoms with van der Waals surface area (Å²) in [5.74, 6) is 0.929. The van der Waals surface area contributed by atoms with Crippen molar-refractivity contribution in [2.75, 3.05) is 6.61 Å². The summed E-state index contributed by atoms with van der Waals surface area (Å²) in [7, 11) is 0. The van der Waals surface area contributed by atoms with Gasteiger partial charge < -0.3 is 9.30 Å². The molecule has 0 saturated carbocycles. The maximum absolute atomic E-state index is 6.10. The lowest BCUT2D eigenvalue weighted by molar-refractivity contribution is 0.0974. The fraction of sp³-hybridized carbons (Fsp3) is 0.357. The first kappa shape index (κ1) is 13.2. The number of benzene rings is 1. The quantitative estimate of drug-likeness (QED) is 0.839. The van der Waals surface area contributed by atoms with Crippen LogP contribution >= 0.6 is 27.5 Å². The summed E-state index contributed by atoms with van der Waals surface area (Å²) < 4.78 is 8.77. The molecule has 0 N–H and O–H groups in total. The van der Waals surface area contributed by atoms with Crippen molar-refractivity contribution >= 4 is 27.5 Å². The molecule has 19 heavy (non-hydrogen) atoms. The molecule has 0 amide bonds. The first-order valence-electron chi connectivity index (χ1n) is 6.31. The number of halogens is 2. The van der Waals surface area contributed by atoms with Gasteiger partial charge in [-0.15, -0.1) is 0 Å². The number of hydrogen-bond acceptors (Lipinski definition) is 2. The average Bonchev–Trinajstić information content (AvgIpc) is 2.99. The number of imidazole rings is 1. The third kappa shape index (κ3) is 3.02. The molecule has 100 valence electrons. The predicted molar refractivity (Wildman–Crippen MR) is 79.3 cm³/mol. The van der Waals surface area contributed by atoms with Crippen LogP contribution in [-0.4, -0.2) is 22.3 Å². The highest BCUT2D eigenvalue weighted by molar-refractivity contribution is 9.10. The molecule has 0 radical (unpaired) electrons. The molecule has 1 fully saturated rings. The minimum Gasteiger partial charge on any atom is -0.376 e. The first-order valence-corrected chi connectivity index (χ1v) is 7.49. The third-order valence-corrected chi connectivity index (χ3v) is 3.94. The van der Waals surface area contributed by atoms with Crippen LogP contribution in [0.25, 0.3) is 11.4 Å². The zero-order chi connectivity index (χ0) is 13.2. The molecule has 2 aromatic rings. The van der Waals surface area contributed by atoms with Crippen molar-refractivity contribution in [3.05, 3.63) is 40.1 Å². The second-order valence-electron chi connectivity index (χ2n) is 4.70. The van der Waals surface area contributed by atoms with E-state index in [1.165, 1.54) is 0 Å². The summed E-state index contributed by atoms with van der Waals surface area (Å²) in [6.45, 7) is 1.72. The second kappa shape index (κ2) is 5.65. The molecule has 0 bridgehead atoms. The van der Waals surface area contributed by atoms with Crippen molar-refractivity contribution in [3.8, 4) is 11.4 Å². The Morgan fingerprint density at radius 2 is 2.32 bits per heavy atom. The van der Waals surface area contributed by atoms with E-state index in [-0.39, 0.29) is 0 Å². The lowest BCUT2D eigenvalue weighted by atomic mass is 10.2. The molecular formula is C14H14BrClN2O. The van der Waals surface area contributed by atoms with Crippen LogP contribution in [-0.2, 0) is 11.3 Å². The fourth-order valence-electron chi connectivity index (χ4n) is 2.41. The van der Waals surface area contributed by atoms with E-state index >= 15 is 0 Å². The lowest BCUT2D eigenvalue weighted by Crippen LogP contribution is -2.15. The summed E-state index contributed by atoms with van der Waals surface area (Å²) in [4.78, 5) is 4.44. The molecular weight excluding hydrogens is 328 g/mol. The predicted octanol–water partition coefficient (Wildman–Crippen LogP) is 4.15. The van der Waals surface area contributed by atoms with Crippen LogP contribution in [0.4, 0.5) is 0 Å². The zero-order valence-corrected chi connectivity index (χ0v) is 12.7. The van der Waals surface area contributed by atoms with Gasteiger partial charge in [0, 0.05) is 34.1 Å². The molecule has 1 atom stereocenters. The molecule has 2 heterocycles. The number of ether oxygens (including phenoxy) is 1. The SMILES string of the molecule is Clc1cc(Br)cc(-c2nccn2CC2CCCO2)c1. The Bertz CT molecular complexity index is 558. The van der Waals surface area contributed by atoms with Crippen LogP contribution in [0.1, 0.15) is 12.8 Å². The lowest BCUT2D eigenvalue weighted by Gasteiger charge is -2.13. The Morgan fingerprint density at radius 1 is 1.42 bits per heavy atom. The van der Waals surface area contributed by atoms with E-state index in [1.54, 1.807) is 0 Å². The van der Waals surface area contributed by atoms with Crippen molar-refractivity contribution in [1.82, 2.24) is 9.55 Å². The summed E-state index contributed by atoms with van der Waals surface area (Å²) in [5, 5.41) is 0.705. The van der Waals surface area contributed by atoms with Crippen LogP contribution in [0.5, 0.6) is 0 Å². The Hall–Kier alpha value is -0.840. The van der Waals surface area contributed by atoms with E-state index in [2.05, 4.69) is 25.5 Å². The molecule has 3 rings (SSSR count). The summed E-state index contributed by atoms with van der Waals surface area (Å²) in [5.41, 5.74) is 1.02. The normalized spacial score (nSPS) is 18.9. The molecule has 1 aromatic heterocycles. The highest BCUT2D eigenvalue weighted by atomic mass is 79.9. The van der Waals surface area contributed by atoms with Crippen LogP contribution in [0.15, 0.2) is 35.1 Å². The topological polar surface area (TPSA) is 27.1 Å². The van der Waals surface area contributed by atoms with Gasteiger partial charge in [-0.05, 0) is 31.0 Å². The van der Waals surface area contributed by atoms with Gasteiger partial charge in [-0.3, -0.25) is 0 Å². The molecule has 1 saturated heterocycles. The van der Waals surface area contributed by atoms with E-state index < -0.39 is 0 Å². The monoisotopic (exact) mass is 340 g/mol. The maximum atomic E-state index is 6.10. The van der Waals surface area contributed by atoms with Gasteiger partial charge >= 0.3 is 0 Å². The van der Waals surface area contributed by atoms with Gasteiger partial charge in [-0.2, -0.15) is 0 Å². The third-order valence-electron chi connectivity index (χ3n) is 3.26. The van der Waals surface area contributed by atoms with Gasteiger partial charge in [-0.1, -0.05) is 27.5 Å². The Labute approximate surface area is 125 Å². The highest BCUT2D eigenvalue weighted by Gasteiger charge is 2.18. The molecule has 1 aliphatic heterocycles. The van der Waals surface area contributed by atoms with Crippen molar-refractivity contribution < 1.29 is 4.74 Å². The van der Waals surface area contributed by atoms with Crippen molar-refractivity contribution in [1.29, 1.82) is 0 Å². The summed E-state index contributed by atoms with van der Waals surface area (Å²) in [6, 6.07) is 5.83. The maximum Gasteiger partial charge on any atom is 0.140 e. The summed E-state index contributed by atoms with van der Waals surface area (Å²) in [6.07, 6.45) is 6.38. The van der Waals surface area contributed by atoms with E-state index in [9.17, 15) is 0 Å². The standard InChI is InChI=1S/C14H14BrClN2O/c15-11-6-10(7-12(16)8-11)14-17-3-4-18(14)9-13-2-1-5-19-13/h3-4,6-8,13H,1-2,5,9H2. The molecule has 0 aliphatic carbocycles. The summed E-state index contributed by atoms with van der Waals surface area (Å²) >= 11 is 9.56. The largest absolute Gasteiger partial charge is 0.376 e. The van der Waals surface area contributed by atoms with Crippen molar-refractivity contribution in [2.45, 2.75) is 25.5 Å². The minimum atomic E-state index is 0.301. The number of rotatable bonds is 3. The van der Waals surface area contributed by atoms with Crippen LogP contribution < -0.4 is 0 Å². The van der Waals surface area contributed by atoms with Crippen LogP contribution in [0, 0.1) is 0 Å². The zero-order valence-electron chi connectivity index (χ0n) is 10.4. The van der Waals surface area contributed by atoms with Gasteiger partial charge in [0.15, 0.2) is 0 Å². The first-order chi connectivity index (χ1) is 9.22. The van der Waals surface area contributed by atoms with Gasteiger partial charge in [0.2, 0.25) is 0 Å². The van der Waals surface area contributed by atoms with E-state index in [0.29, 0.717) is 11.1 Å². The number of nitrogens with zero attached hydrogens (tertiary/aromatic N) is 2. The minimum absolute atomic E-state index is 0.301. The Balaban J connectivity index is 1.90. The second-order valence-corrected chi connectivity index (χ2v) is 6.05.